The van der Waals surface area contributed by atoms with Crippen LogP contribution in [0.2, 0.25) is 5.02 Å². The van der Waals surface area contributed by atoms with Gasteiger partial charge in [-0.2, -0.15) is 8.78 Å². The summed E-state index contributed by atoms with van der Waals surface area (Å²) in [6, 6.07) is 1.80. The standard InChI is InChI=1S/C22H25ClF2N6O2/c1-13-3-7-31(13)21-28-18(15-2-4-22(24,25)19(15)29-21)14-10-16(23)20(27-11-14)33-12-17(32)30-8-5-26-6-9-30/h10-11,13,26H,2-9,12H2,1H3. The zero-order chi connectivity index (χ0) is 23.2. The number of carbonyl (C=O) groups is 1. The second-order valence-electron chi connectivity index (χ2n) is 8.67. The van der Waals surface area contributed by atoms with Crippen molar-refractivity contribution in [1.82, 2.24) is 25.2 Å². The lowest BCUT2D eigenvalue weighted by Gasteiger charge is -2.39. The van der Waals surface area contributed by atoms with Crippen LogP contribution in [-0.2, 0) is 17.1 Å². The van der Waals surface area contributed by atoms with E-state index in [4.69, 9.17) is 16.3 Å². The maximum atomic E-state index is 14.6. The Hall–Kier alpha value is -2.59. The van der Waals surface area contributed by atoms with Gasteiger partial charge in [-0.3, -0.25) is 4.79 Å². The predicted octanol–water partition coefficient (Wildman–Crippen LogP) is 2.64. The van der Waals surface area contributed by atoms with E-state index in [1.807, 2.05) is 11.8 Å². The van der Waals surface area contributed by atoms with Crippen molar-refractivity contribution in [3.8, 4) is 17.1 Å². The zero-order valence-corrected chi connectivity index (χ0v) is 19.0. The number of nitrogens with one attached hydrogen (secondary N) is 1. The Bertz CT molecular complexity index is 1080. The minimum Gasteiger partial charge on any atom is -0.466 e. The summed E-state index contributed by atoms with van der Waals surface area (Å²) in [5.41, 5.74) is 1.16. The van der Waals surface area contributed by atoms with Gasteiger partial charge < -0.3 is 19.9 Å². The molecule has 1 N–H and O–H groups in total. The maximum absolute atomic E-state index is 14.6. The Labute approximate surface area is 195 Å². The van der Waals surface area contributed by atoms with E-state index in [-0.39, 0.29) is 48.0 Å². The summed E-state index contributed by atoms with van der Waals surface area (Å²) in [5.74, 6) is -2.69. The van der Waals surface area contributed by atoms with Gasteiger partial charge in [-0.05, 0) is 25.8 Å². The van der Waals surface area contributed by atoms with Crippen LogP contribution in [0.25, 0.3) is 11.3 Å². The van der Waals surface area contributed by atoms with Gasteiger partial charge in [0.2, 0.25) is 11.8 Å². The molecule has 1 unspecified atom stereocenters. The van der Waals surface area contributed by atoms with E-state index in [9.17, 15) is 13.6 Å². The predicted molar refractivity (Wildman–Crippen MR) is 119 cm³/mol. The molecule has 3 aliphatic rings. The van der Waals surface area contributed by atoms with Gasteiger partial charge in [0, 0.05) is 62.5 Å². The number of carbonyl (C=O) groups excluding carboxylic acids is 1. The van der Waals surface area contributed by atoms with E-state index in [2.05, 4.69) is 20.3 Å². The minimum atomic E-state index is -2.99. The first kappa shape index (κ1) is 22.2. The third-order valence-electron chi connectivity index (χ3n) is 6.49. The molecule has 2 aromatic heterocycles. The molecular weight excluding hydrogens is 454 g/mol. The molecule has 176 valence electrons. The molecular formula is C22H25ClF2N6O2. The van der Waals surface area contributed by atoms with Crippen molar-refractivity contribution in [1.29, 1.82) is 0 Å². The Morgan fingerprint density at radius 2 is 2.09 bits per heavy atom. The molecule has 5 rings (SSSR count). The van der Waals surface area contributed by atoms with Gasteiger partial charge in [0.05, 0.1) is 5.69 Å². The number of hydrogen-bond donors (Lipinski definition) is 1. The largest absolute Gasteiger partial charge is 0.466 e. The summed E-state index contributed by atoms with van der Waals surface area (Å²) in [6.45, 7) is 5.34. The summed E-state index contributed by atoms with van der Waals surface area (Å²) >= 11 is 6.40. The minimum absolute atomic E-state index is 0.122. The van der Waals surface area contributed by atoms with Gasteiger partial charge in [-0.15, -0.1) is 0 Å². The molecule has 2 aromatic rings. The highest BCUT2D eigenvalue weighted by Gasteiger charge is 2.44. The van der Waals surface area contributed by atoms with Crippen LogP contribution in [0.1, 0.15) is 31.0 Å². The number of fused-ring (bicyclic) bond motifs is 1. The molecule has 1 atom stereocenters. The Balaban J connectivity index is 1.40. The number of ether oxygens (including phenoxy) is 1. The number of anilines is 1. The normalized spacial score (nSPS) is 21.5. The number of alkyl halides is 2. The summed E-state index contributed by atoms with van der Waals surface area (Å²) in [4.78, 5) is 29.1. The van der Waals surface area contributed by atoms with Crippen LogP contribution >= 0.6 is 11.6 Å². The van der Waals surface area contributed by atoms with Crippen molar-refractivity contribution in [3.05, 3.63) is 28.5 Å². The van der Waals surface area contributed by atoms with Crippen LogP contribution in [-0.4, -0.2) is 71.1 Å². The quantitative estimate of drug-likeness (QED) is 0.707. The maximum Gasteiger partial charge on any atom is 0.290 e. The number of amides is 1. The van der Waals surface area contributed by atoms with Gasteiger partial charge >= 0.3 is 0 Å². The summed E-state index contributed by atoms with van der Waals surface area (Å²) < 4.78 is 34.7. The molecule has 0 bridgehead atoms. The molecule has 2 saturated heterocycles. The van der Waals surface area contributed by atoms with Crippen LogP contribution < -0.4 is 15.0 Å². The average molecular weight is 479 g/mol. The fraction of sp³-hybridized carbons (Fsp3) is 0.545. The SMILES string of the molecule is CC1CCN1c1nc(-c2cnc(OCC(=O)N3CCNCC3)c(Cl)c2)c2c(n1)C(F)(F)CC2. The van der Waals surface area contributed by atoms with Crippen molar-refractivity contribution in [2.75, 3.05) is 44.2 Å². The Morgan fingerprint density at radius 3 is 2.76 bits per heavy atom. The van der Waals surface area contributed by atoms with Crippen molar-refractivity contribution in [3.63, 3.8) is 0 Å². The average Bonchev–Trinajstić information content (AvgIpc) is 3.11. The third kappa shape index (κ3) is 4.21. The Morgan fingerprint density at radius 1 is 1.30 bits per heavy atom. The smallest absolute Gasteiger partial charge is 0.290 e. The molecule has 8 nitrogen and oxygen atoms in total. The third-order valence-corrected chi connectivity index (χ3v) is 6.76. The van der Waals surface area contributed by atoms with Crippen LogP contribution in [0.15, 0.2) is 12.3 Å². The lowest BCUT2D eigenvalue weighted by Crippen LogP contribution is -2.47. The van der Waals surface area contributed by atoms with E-state index < -0.39 is 5.92 Å². The fourth-order valence-electron chi connectivity index (χ4n) is 4.39. The zero-order valence-electron chi connectivity index (χ0n) is 18.3. The molecule has 0 radical (unpaired) electrons. The number of aromatic nitrogens is 3. The lowest BCUT2D eigenvalue weighted by atomic mass is 10.0. The number of nitrogens with zero attached hydrogens (tertiary/aromatic N) is 5. The summed E-state index contributed by atoms with van der Waals surface area (Å²) in [7, 11) is 0. The number of hydrogen-bond acceptors (Lipinski definition) is 7. The number of halogens is 3. The number of pyridine rings is 1. The summed E-state index contributed by atoms with van der Waals surface area (Å²) in [6.07, 6.45) is 2.36. The van der Waals surface area contributed by atoms with Crippen molar-refractivity contribution < 1.29 is 18.3 Å². The number of piperazine rings is 1. The first-order valence-corrected chi connectivity index (χ1v) is 11.5. The van der Waals surface area contributed by atoms with Gasteiger partial charge in [-0.25, -0.2) is 15.0 Å². The first-order valence-electron chi connectivity index (χ1n) is 11.2. The molecule has 4 heterocycles. The van der Waals surface area contributed by atoms with E-state index in [1.54, 1.807) is 11.0 Å². The monoisotopic (exact) mass is 478 g/mol. The number of rotatable bonds is 5. The second kappa shape index (κ2) is 8.64. The first-order chi connectivity index (χ1) is 15.8. The molecule has 1 amide bonds. The van der Waals surface area contributed by atoms with Gasteiger partial charge in [-0.1, -0.05) is 11.6 Å². The topological polar surface area (TPSA) is 83.5 Å². The summed E-state index contributed by atoms with van der Waals surface area (Å²) in [5, 5.41) is 3.38. The van der Waals surface area contributed by atoms with Gasteiger partial charge in [0.15, 0.2) is 6.61 Å². The lowest BCUT2D eigenvalue weighted by molar-refractivity contribution is -0.134. The second-order valence-corrected chi connectivity index (χ2v) is 9.07. The molecule has 11 heteroatoms. The van der Waals surface area contributed by atoms with E-state index in [1.165, 1.54) is 6.20 Å². The molecule has 2 fully saturated rings. The van der Waals surface area contributed by atoms with Crippen LogP contribution in [0.3, 0.4) is 0 Å². The van der Waals surface area contributed by atoms with E-state index in [0.29, 0.717) is 35.9 Å². The van der Waals surface area contributed by atoms with E-state index in [0.717, 1.165) is 26.1 Å². The van der Waals surface area contributed by atoms with Crippen molar-refractivity contribution >= 4 is 23.5 Å². The molecule has 1 aliphatic carbocycles. The van der Waals surface area contributed by atoms with Crippen LogP contribution in [0.5, 0.6) is 5.88 Å². The molecule has 0 saturated carbocycles. The fourth-order valence-corrected chi connectivity index (χ4v) is 4.61. The van der Waals surface area contributed by atoms with E-state index >= 15 is 0 Å². The highest BCUT2D eigenvalue weighted by Crippen LogP contribution is 2.45. The highest BCUT2D eigenvalue weighted by molar-refractivity contribution is 6.32. The van der Waals surface area contributed by atoms with Crippen molar-refractivity contribution in [2.45, 2.75) is 38.2 Å². The molecule has 2 aliphatic heterocycles. The van der Waals surface area contributed by atoms with Crippen LogP contribution in [0, 0.1) is 0 Å². The Kier molecular flexibility index (Phi) is 5.82. The van der Waals surface area contributed by atoms with Crippen molar-refractivity contribution in [2.24, 2.45) is 0 Å². The van der Waals surface area contributed by atoms with Gasteiger partial charge in [0.25, 0.3) is 11.8 Å². The van der Waals surface area contributed by atoms with Gasteiger partial charge in [0.1, 0.15) is 10.7 Å². The highest BCUT2D eigenvalue weighted by atomic mass is 35.5. The molecule has 0 spiro atoms. The van der Waals surface area contributed by atoms with Crippen LogP contribution in [0.4, 0.5) is 14.7 Å². The molecule has 0 aromatic carbocycles. The molecule has 33 heavy (non-hydrogen) atoms.